The first-order valence-electron chi connectivity index (χ1n) is 5.02. The van der Waals surface area contributed by atoms with Gasteiger partial charge in [0, 0.05) is 18.4 Å². The molecule has 0 aromatic heterocycles. The van der Waals surface area contributed by atoms with Crippen molar-refractivity contribution < 1.29 is 14.7 Å². The fourth-order valence-electron chi connectivity index (χ4n) is 1.39. The van der Waals surface area contributed by atoms with E-state index in [1.54, 1.807) is 12.1 Å². The summed E-state index contributed by atoms with van der Waals surface area (Å²) in [4.78, 5) is 22.0. The molecule has 4 heteroatoms. The van der Waals surface area contributed by atoms with E-state index in [9.17, 15) is 9.59 Å². The van der Waals surface area contributed by atoms with Crippen molar-refractivity contribution in [2.45, 2.75) is 26.2 Å². The molecule has 0 radical (unpaired) electrons. The van der Waals surface area contributed by atoms with E-state index in [4.69, 9.17) is 16.7 Å². The maximum absolute atomic E-state index is 11.7. The molecular weight excluding hydrogens is 228 g/mol. The van der Waals surface area contributed by atoms with Crippen LogP contribution < -0.4 is 0 Å². The van der Waals surface area contributed by atoms with E-state index in [1.807, 2.05) is 13.0 Å². The zero-order valence-corrected chi connectivity index (χ0v) is 9.75. The molecule has 0 bridgehead atoms. The maximum atomic E-state index is 11.7. The van der Waals surface area contributed by atoms with Gasteiger partial charge in [0.05, 0.1) is 5.02 Å². The van der Waals surface area contributed by atoms with Gasteiger partial charge < -0.3 is 5.11 Å². The molecule has 0 spiro atoms. The number of benzene rings is 1. The molecule has 1 rings (SSSR count). The van der Waals surface area contributed by atoms with Gasteiger partial charge in [-0.2, -0.15) is 0 Å². The average molecular weight is 241 g/mol. The number of hydrogen-bond acceptors (Lipinski definition) is 2. The first-order chi connectivity index (χ1) is 7.50. The third kappa shape index (κ3) is 3.66. The summed E-state index contributed by atoms with van der Waals surface area (Å²) in [6, 6.07) is 5.24. The van der Waals surface area contributed by atoms with Gasteiger partial charge in [0.2, 0.25) is 0 Å². The number of carbonyl (C=O) groups excluding carboxylic acids is 1. The summed E-state index contributed by atoms with van der Waals surface area (Å²) >= 11 is 5.90. The van der Waals surface area contributed by atoms with Gasteiger partial charge in [-0.3, -0.25) is 9.59 Å². The molecule has 0 unspecified atom stereocenters. The second kappa shape index (κ2) is 5.66. The Balaban J connectivity index is 2.65. The minimum absolute atomic E-state index is 0.00910. The first kappa shape index (κ1) is 12.7. The zero-order valence-electron chi connectivity index (χ0n) is 9.00. The lowest BCUT2D eigenvalue weighted by molar-refractivity contribution is -0.137. The third-order valence-corrected chi connectivity index (χ3v) is 2.55. The van der Waals surface area contributed by atoms with Crippen molar-refractivity contribution in [2.24, 2.45) is 0 Å². The van der Waals surface area contributed by atoms with E-state index >= 15 is 0 Å². The first-order valence-corrected chi connectivity index (χ1v) is 5.39. The third-order valence-electron chi connectivity index (χ3n) is 2.22. The lowest BCUT2D eigenvalue weighted by Crippen LogP contribution is -2.02. The van der Waals surface area contributed by atoms with Crippen molar-refractivity contribution in [3.63, 3.8) is 0 Å². The highest BCUT2D eigenvalue weighted by Gasteiger charge is 2.10. The van der Waals surface area contributed by atoms with Crippen molar-refractivity contribution in [2.75, 3.05) is 0 Å². The summed E-state index contributed by atoms with van der Waals surface area (Å²) in [7, 11) is 0. The predicted octanol–water partition coefficient (Wildman–Crippen LogP) is 3.09. The van der Waals surface area contributed by atoms with Gasteiger partial charge in [-0.25, -0.2) is 0 Å². The van der Waals surface area contributed by atoms with E-state index in [0.717, 1.165) is 5.56 Å². The smallest absolute Gasteiger partial charge is 0.303 e. The number of halogens is 1. The van der Waals surface area contributed by atoms with Crippen LogP contribution in [0.1, 0.15) is 35.2 Å². The predicted molar refractivity (Wildman–Crippen MR) is 62.0 cm³/mol. The molecule has 1 aromatic rings. The second-order valence-corrected chi connectivity index (χ2v) is 4.06. The molecule has 0 aliphatic heterocycles. The number of ketones is 1. The Hall–Kier alpha value is -1.35. The Morgan fingerprint density at radius 3 is 2.62 bits per heavy atom. The van der Waals surface area contributed by atoms with Crippen LogP contribution in [0, 0.1) is 6.92 Å². The molecule has 0 atom stereocenters. The SMILES string of the molecule is Cc1ccc(Cl)c(C(=O)CCCC(=O)O)c1. The van der Waals surface area contributed by atoms with Gasteiger partial charge in [0.15, 0.2) is 5.78 Å². The number of carboxylic acid groups (broad SMARTS) is 1. The Morgan fingerprint density at radius 2 is 2.00 bits per heavy atom. The highest BCUT2D eigenvalue weighted by atomic mass is 35.5. The normalized spacial score (nSPS) is 10.1. The number of carboxylic acids is 1. The molecule has 16 heavy (non-hydrogen) atoms. The van der Waals surface area contributed by atoms with Crippen molar-refractivity contribution in [3.05, 3.63) is 34.3 Å². The Labute approximate surface area is 99.0 Å². The Morgan fingerprint density at radius 1 is 1.31 bits per heavy atom. The van der Waals surface area contributed by atoms with Crippen LogP contribution in [0.2, 0.25) is 5.02 Å². The molecule has 0 heterocycles. The molecular formula is C12H13ClO3. The number of aliphatic carboxylic acids is 1. The standard InChI is InChI=1S/C12H13ClO3/c1-8-5-6-10(13)9(7-8)11(14)3-2-4-12(15)16/h5-7H,2-4H2,1H3,(H,15,16). The van der Waals surface area contributed by atoms with Crippen molar-refractivity contribution in [3.8, 4) is 0 Å². The topological polar surface area (TPSA) is 54.4 Å². The maximum Gasteiger partial charge on any atom is 0.303 e. The molecule has 3 nitrogen and oxygen atoms in total. The van der Waals surface area contributed by atoms with Crippen LogP contribution in [-0.2, 0) is 4.79 Å². The molecule has 0 aliphatic rings. The van der Waals surface area contributed by atoms with Crippen LogP contribution in [0.3, 0.4) is 0 Å². The fourth-order valence-corrected chi connectivity index (χ4v) is 1.61. The van der Waals surface area contributed by atoms with E-state index in [1.165, 1.54) is 0 Å². The molecule has 0 amide bonds. The number of aryl methyl sites for hydroxylation is 1. The van der Waals surface area contributed by atoms with Crippen LogP contribution in [0.5, 0.6) is 0 Å². The summed E-state index contributed by atoms with van der Waals surface area (Å²) in [5, 5.41) is 8.88. The monoisotopic (exact) mass is 240 g/mol. The van der Waals surface area contributed by atoms with Crippen molar-refractivity contribution >= 4 is 23.4 Å². The summed E-state index contributed by atoms with van der Waals surface area (Å²) in [5.74, 6) is -0.988. The van der Waals surface area contributed by atoms with Crippen LogP contribution >= 0.6 is 11.6 Å². The van der Waals surface area contributed by atoms with Crippen molar-refractivity contribution in [1.82, 2.24) is 0 Å². The van der Waals surface area contributed by atoms with Gasteiger partial charge in [-0.1, -0.05) is 23.2 Å². The molecule has 1 aromatic carbocycles. The quantitative estimate of drug-likeness (QED) is 0.805. The van der Waals surface area contributed by atoms with Gasteiger partial charge in [0.1, 0.15) is 0 Å². The lowest BCUT2D eigenvalue weighted by atomic mass is 10.0. The fraction of sp³-hybridized carbons (Fsp3) is 0.333. The van der Waals surface area contributed by atoms with Crippen LogP contribution in [-0.4, -0.2) is 16.9 Å². The van der Waals surface area contributed by atoms with Crippen LogP contribution in [0.15, 0.2) is 18.2 Å². The number of rotatable bonds is 5. The largest absolute Gasteiger partial charge is 0.481 e. The lowest BCUT2D eigenvalue weighted by Gasteiger charge is -2.04. The molecule has 86 valence electrons. The van der Waals surface area contributed by atoms with Crippen molar-refractivity contribution in [1.29, 1.82) is 0 Å². The van der Waals surface area contributed by atoms with Gasteiger partial charge in [-0.15, -0.1) is 0 Å². The zero-order chi connectivity index (χ0) is 12.1. The highest BCUT2D eigenvalue weighted by molar-refractivity contribution is 6.34. The Kier molecular flexibility index (Phi) is 4.50. The van der Waals surface area contributed by atoms with E-state index < -0.39 is 5.97 Å². The number of hydrogen-bond donors (Lipinski definition) is 1. The molecule has 1 N–H and O–H groups in total. The number of carbonyl (C=O) groups is 2. The van der Waals surface area contributed by atoms with Gasteiger partial charge in [0.25, 0.3) is 0 Å². The van der Waals surface area contributed by atoms with Gasteiger partial charge >= 0.3 is 5.97 Å². The molecule has 0 saturated heterocycles. The highest BCUT2D eigenvalue weighted by Crippen LogP contribution is 2.19. The second-order valence-electron chi connectivity index (χ2n) is 3.65. The van der Waals surface area contributed by atoms with Crippen LogP contribution in [0.4, 0.5) is 0 Å². The van der Waals surface area contributed by atoms with E-state index in [2.05, 4.69) is 0 Å². The van der Waals surface area contributed by atoms with E-state index in [-0.39, 0.29) is 18.6 Å². The summed E-state index contributed by atoms with van der Waals surface area (Å²) in [6.07, 6.45) is 0.573. The minimum Gasteiger partial charge on any atom is -0.481 e. The summed E-state index contributed by atoms with van der Waals surface area (Å²) in [5.41, 5.74) is 1.44. The number of Topliss-reactive ketones (excluding diaryl/α,β-unsaturated/α-hetero) is 1. The van der Waals surface area contributed by atoms with Gasteiger partial charge in [-0.05, 0) is 25.5 Å². The Bertz CT molecular complexity index is 413. The summed E-state index contributed by atoms with van der Waals surface area (Å²) in [6.45, 7) is 1.88. The molecule has 0 aliphatic carbocycles. The minimum atomic E-state index is -0.886. The molecule has 0 fully saturated rings. The molecule has 0 saturated carbocycles. The van der Waals surface area contributed by atoms with E-state index in [0.29, 0.717) is 17.0 Å². The summed E-state index contributed by atoms with van der Waals surface area (Å²) < 4.78 is 0. The van der Waals surface area contributed by atoms with Crippen LogP contribution in [0.25, 0.3) is 0 Å². The average Bonchev–Trinajstić information content (AvgIpc) is 2.21.